The summed E-state index contributed by atoms with van der Waals surface area (Å²) in [5, 5.41) is 12.2. The summed E-state index contributed by atoms with van der Waals surface area (Å²) in [5.41, 5.74) is 0. The van der Waals surface area contributed by atoms with E-state index in [0.29, 0.717) is 0 Å². The largest absolute Gasteiger partial charge is 0.393 e. The highest BCUT2D eigenvalue weighted by Crippen LogP contribution is 2.07. The van der Waals surface area contributed by atoms with Gasteiger partial charge >= 0.3 is 0 Å². The molecule has 1 atom stereocenters. The fourth-order valence-corrected chi connectivity index (χ4v) is 1.48. The second kappa shape index (κ2) is 9.64. The van der Waals surface area contributed by atoms with Crippen LogP contribution < -0.4 is 5.32 Å². The van der Waals surface area contributed by atoms with Crippen LogP contribution in [0.1, 0.15) is 59.3 Å². The third kappa shape index (κ3) is 8.72. The minimum atomic E-state index is -0.124. The monoisotopic (exact) mass is 229 g/mol. The highest BCUT2D eigenvalue weighted by atomic mass is 16.3. The number of hydrogen-bond donors (Lipinski definition) is 2. The van der Waals surface area contributed by atoms with Crippen molar-refractivity contribution in [3.8, 4) is 0 Å². The molecule has 0 aliphatic carbocycles. The highest BCUT2D eigenvalue weighted by molar-refractivity contribution is 5.77. The third-order valence-electron chi connectivity index (χ3n) is 2.76. The summed E-state index contributed by atoms with van der Waals surface area (Å²) in [4.78, 5) is 11.2. The molecule has 0 aliphatic heterocycles. The number of rotatable bonds is 9. The van der Waals surface area contributed by atoms with Crippen LogP contribution in [0.25, 0.3) is 0 Å². The number of unbranched alkanes of at least 4 members (excludes halogenated alkanes) is 3. The Morgan fingerprint density at radius 1 is 1.19 bits per heavy atom. The molecule has 0 rings (SSSR count). The number of aliphatic hydroxyl groups excluding tert-OH is 1. The van der Waals surface area contributed by atoms with Gasteiger partial charge in [-0.3, -0.25) is 4.79 Å². The molecule has 16 heavy (non-hydrogen) atoms. The second-order valence-electron chi connectivity index (χ2n) is 4.71. The first-order valence-corrected chi connectivity index (χ1v) is 6.53. The van der Waals surface area contributed by atoms with E-state index >= 15 is 0 Å². The summed E-state index contributed by atoms with van der Waals surface area (Å²) in [6, 6.07) is 0. The van der Waals surface area contributed by atoms with Crippen LogP contribution in [-0.4, -0.2) is 23.7 Å². The summed E-state index contributed by atoms with van der Waals surface area (Å²) >= 11 is 0. The molecule has 0 aromatic carbocycles. The van der Waals surface area contributed by atoms with Crippen LogP contribution in [0.3, 0.4) is 0 Å². The van der Waals surface area contributed by atoms with Gasteiger partial charge < -0.3 is 10.4 Å². The molecule has 0 bridgehead atoms. The maximum absolute atomic E-state index is 11.2. The fourth-order valence-electron chi connectivity index (χ4n) is 1.48. The van der Waals surface area contributed by atoms with Gasteiger partial charge in [0, 0.05) is 12.5 Å². The molecule has 0 heterocycles. The lowest BCUT2D eigenvalue weighted by molar-refractivity contribution is -0.123. The van der Waals surface area contributed by atoms with Crippen LogP contribution in [0.2, 0.25) is 0 Å². The van der Waals surface area contributed by atoms with E-state index in [9.17, 15) is 9.90 Å². The molecule has 1 amide bonds. The van der Waals surface area contributed by atoms with Gasteiger partial charge in [0.15, 0.2) is 0 Å². The molecule has 0 fully saturated rings. The van der Waals surface area contributed by atoms with Crippen LogP contribution in [0.4, 0.5) is 0 Å². The van der Waals surface area contributed by atoms with Crippen LogP contribution in [0.5, 0.6) is 0 Å². The molecule has 0 saturated heterocycles. The minimum absolute atomic E-state index is 0.0831. The Morgan fingerprint density at radius 2 is 1.81 bits per heavy atom. The van der Waals surface area contributed by atoms with Gasteiger partial charge in [-0.15, -0.1) is 0 Å². The summed E-state index contributed by atoms with van der Waals surface area (Å²) < 4.78 is 0. The lowest BCUT2D eigenvalue weighted by Gasteiger charge is -2.08. The maximum Gasteiger partial charge on any atom is 0.222 e. The summed E-state index contributed by atoms with van der Waals surface area (Å²) in [7, 11) is 0. The van der Waals surface area contributed by atoms with E-state index in [1.54, 1.807) is 0 Å². The lowest BCUT2D eigenvalue weighted by atomic mass is 10.1. The van der Waals surface area contributed by atoms with Crippen molar-refractivity contribution in [1.82, 2.24) is 5.32 Å². The first-order valence-electron chi connectivity index (χ1n) is 6.53. The standard InChI is InChI=1S/C13H27NO2/c1-4-12(15)9-7-5-6-8-10-14-13(16)11(2)3/h11-12,15H,4-10H2,1-3H3,(H,14,16). The normalized spacial score (nSPS) is 12.8. The zero-order valence-electron chi connectivity index (χ0n) is 11.0. The number of carbonyl (C=O) groups excluding carboxylic acids is 1. The van der Waals surface area contributed by atoms with Crippen molar-refractivity contribution in [3.63, 3.8) is 0 Å². The smallest absolute Gasteiger partial charge is 0.222 e. The van der Waals surface area contributed by atoms with Crippen LogP contribution in [0.15, 0.2) is 0 Å². The van der Waals surface area contributed by atoms with Crippen molar-refractivity contribution in [2.45, 2.75) is 65.4 Å². The molecular weight excluding hydrogens is 202 g/mol. The van der Waals surface area contributed by atoms with Crippen LogP contribution in [-0.2, 0) is 4.79 Å². The molecule has 0 aromatic heterocycles. The average molecular weight is 229 g/mol. The first-order chi connectivity index (χ1) is 7.57. The number of aliphatic hydroxyl groups is 1. The van der Waals surface area contributed by atoms with Gasteiger partial charge in [-0.05, 0) is 19.3 Å². The number of nitrogens with one attached hydrogen (secondary N) is 1. The van der Waals surface area contributed by atoms with Gasteiger partial charge in [0.25, 0.3) is 0 Å². The summed E-state index contributed by atoms with van der Waals surface area (Å²) in [5.74, 6) is 0.223. The van der Waals surface area contributed by atoms with Crippen molar-refractivity contribution in [3.05, 3.63) is 0 Å². The first kappa shape index (κ1) is 15.4. The Kier molecular flexibility index (Phi) is 9.30. The van der Waals surface area contributed by atoms with E-state index in [1.807, 2.05) is 20.8 Å². The van der Waals surface area contributed by atoms with E-state index in [2.05, 4.69) is 5.32 Å². The number of carbonyl (C=O) groups is 1. The van der Waals surface area contributed by atoms with Crippen molar-refractivity contribution in [2.24, 2.45) is 5.92 Å². The van der Waals surface area contributed by atoms with Gasteiger partial charge in [0.05, 0.1) is 6.10 Å². The Morgan fingerprint density at radius 3 is 2.38 bits per heavy atom. The highest BCUT2D eigenvalue weighted by Gasteiger charge is 2.04. The predicted octanol–water partition coefficient (Wildman–Crippen LogP) is 2.48. The minimum Gasteiger partial charge on any atom is -0.393 e. The molecule has 3 heteroatoms. The van der Waals surface area contributed by atoms with Gasteiger partial charge in [-0.2, -0.15) is 0 Å². The zero-order valence-corrected chi connectivity index (χ0v) is 11.0. The van der Waals surface area contributed by atoms with E-state index in [0.717, 1.165) is 45.1 Å². The zero-order chi connectivity index (χ0) is 12.4. The van der Waals surface area contributed by atoms with E-state index < -0.39 is 0 Å². The van der Waals surface area contributed by atoms with Crippen molar-refractivity contribution >= 4 is 5.91 Å². The number of amides is 1. The SMILES string of the molecule is CCC(O)CCCCCCNC(=O)C(C)C. The fraction of sp³-hybridized carbons (Fsp3) is 0.923. The topological polar surface area (TPSA) is 49.3 Å². The number of hydrogen-bond acceptors (Lipinski definition) is 2. The molecular formula is C13H27NO2. The summed E-state index contributed by atoms with van der Waals surface area (Å²) in [6.45, 7) is 6.60. The molecule has 2 N–H and O–H groups in total. The Balaban J connectivity index is 3.19. The molecule has 1 unspecified atom stereocenters. The molecule has 0 spiro atoms. The molecule has 3 nitrogen and oxygen atoms in total. The molecule has 0 radical (unpaired) electrons. The molecule has 0 aromatic rings. The van der Waals surface area contributed by atoms with Crippen molar-refractivity contribution < 1.29 is 9.90 Å². The quantitative estimate of drug-likeness (QED) is 0.597. The predicted molar refractivity (Wildman–Crippen MR) is 67.2 cm³/mol. The van der Waals surface area contributed by atoms with Gasteiger partial charge in [-0.25, -0.2) is 0 Å². The maximum atomic E-state index is 11.2. The van der Waals surface area contributed by atoms with Crippen LogP contribution in [0, 0.1) is 5.92 Å². The van der Waals surface area contributed by atoms with E-state index in [-0.39, 0.29) is 17.9 Å². The van der Waals surface area contributed by atoms with Crippen molar-refractivity contribution in [2.75, 3.05) is 6.54 Å². The van der Waals surface area contributed by atoms with E-state index in [1.165, 1.54) is 0 Å². The Hall–Kier alpha value is -0.570. The molecule has 0 aliphatic rings. The Bertz CT molecular complexity index is 181. The van der Waals surface area contributed by atoms with Gasteiger partial charge in [0.1, 0.15) is 0 Å². The van der Waals surface area contributed by atoms with E-state index in [4.69, 9.17) is 0 Å². The van der Waals surface area contributed by atoms with Gasteiger partial charge in [-0.1, -0.05) is 40.0 Å². The van der Waals surface area contributed by atoms with Gasteiger partial charge in [0.2, 0.25) is 5.91 Å². The van der Waals surface area contributed by atoms with Crippen molar-refractivity contribution in [1.29, 1.82) is 0 Å². The Labute approximate surface area is 99.6 Å². The lowest BCUT2D eigenvalue weighted by Crippen LogP contribution is -2.28. The second-order valence-corrected chi connectivity index (χ2v) is 4.71. The third-order valence-corrected chi connectivity index (χ3v) is 2.76. The molecule has 0 saturated carbocycles. The molecule has 96 valence electrons. The van der Waals surface area contributed by atoms with Crippen LogP contribution >= 0.6 is 0 Å². The summed E-state index contributed by atoms with van der Waals surface area (Å²) in [6.07, 6.45) is 6.05. The average Bonchev–Trinajstić information content (AvgIpc) is 2.26.